The van der Waals surface area contributed by atoms with Gasteiger partial charge in [0.2, 0.25) is 0 Å². The summed E-state index contributed by atoms with van der Waals surface area (Å²) in [5.74, 6) is -0.466. The van der Waals surface area contributed by atoms with Crippen molar-refractivity contribution in [2.75, 3.05) is 5.32 Å². The molecule has 2 nitrogen and oxygen atoms in total. The monoisotopic (exact) mass is 335 g/mol. The van der Waals surface area contributed by atoms with E-state index in [1.165, 1.54) is 36.4 Å². The van der Waals surface area contributed by atoms with Crippen molar-refractivity contribution < 1.29 is 17.9 Å². The first kappa shape index (κ1) is 15.8. The second-order valence-electron chi connectivity index (χ2n) is 4.11. The molecule has 7 heteroatoms. The highest BCUT2D eigenvalue weighted by atomic mass is 35.5. The van der Waals surface area contributed by atoms with E-state index in [0.717, 1.165) is 0 Å². The maximum Gasteiger partial charge on any atom is 0.387 e. The molecular weight excluding hydrogens is 326 g/mol. The van der Waals surface area contributed by atoms with Crippen molar-refractivity contribution in [2.24, 2.45) is 0 Å². The highest BCUT2D eigenvalue weighted by molar-refractivity contribution is 6.33. The summed E-state index contributed by atoms with van der Waals surface area (Å²) < 4.78 is 42.2. The third kappa shape index (κ3) is 4.44. The van der Waals surface area contributed by atoms with Crippen LogP contribution in [0.15, 0.2) is 36.4 Å². The lowest BCUT2D eigenvalue weighted by Crippen LogP contribution is -2.07. The summed E-state index contributed by atoms with van der Waals surface area (Å²) in [4.78, 5) is 0. The molecular formula is C14H10Cl2F3NO. The molecule has 0 amide bonds. The lowest BCUT2D eigenvalue weighted by Gasteiger charge is -2.13. The summed E-state index contributed by atoms with van der Waals surface area (Å²) in [7, 11) is 0. The van der Waals surface area contributed by atoms with Gasteiger partial charge in [-0.3, -0.25) is 0 Å². The lowest BCUT2D eigenvalue weighted by molar-refractivity contribution is -0.0504. The zero-order chi connectivity index (χ0) is 15.4. The van der Waals surface area contributed by atoms with Crippen LogP contribution in [0.2, 0.25) is 10.0 Å². The molecule has 0 saturated heterocycles. The van der Waals surface area contributed by atoms with Crippen LogP contribution in [0.4, 0.5) is 18.9 Å². The van der Waals surface area contributed by atoms with E-state index >= 15 is 0 Å². The van der Waals surface area contributed by atoms with Crippen molar-refractivity contribution >= 4 is 28.9 Å². The van der Waals surface area contributed by atoms with Gasteiger partial charge in [-0.15, -0.1) is 0 Å². The Morgan fingerprint density at radius 3 is 2.57 bits per heavy atom. The molecule has 21 heavy (non-hydrogen) atoms. The van der Waals surface area contributed by atoms with Gasteiger partial charge in [-0.05, 0) is 36.4 Å². The zero-order valence-corrected chi connectivity index (χ0v) is 12.1. The smallest absolute Gasteiger partial charge is 0.387 e. The Hall–Kier alpha value is -1.59. The van der Waals surface area contributed by atoms with Crippen LogP contribution >= 0.6 is 23.2 Å². The highest BCUT2D eigenvalue weighted by Crippen LogP contribution is 2.27. The van der Waals surface area contributed by atoms with Gasteiger partial charge in [-0.25, -0.2) is 4.39 Å². The van der Waals surface area contributed by atoms with E-state index in [-0.39, 0.29) is 12.3 Å². The SMILES string of the molecule is Fc1ccc(Cl)c(NCc2cc(Cl)ccc2OC(F)F)c1. The van der Waals surface area contributed by atoms with E-state index < -0.39 is 12.4 Å². The molecule has 0 atom stereocenters. The molecule has 2 aromatic carbocycles. The van der Waals surface area contributed by atoms with Crippen LogP contribution in [0.5, 0.6) is 5.75 Å². The van der Waals surface area contributed by atoms with E-state index in [4.69, 9.17) is 23.2 Å². The van der Waals surface area contributed by atoms with E-state index in [9.17, 15) is 13.2 Å². The quantitative estimate of drug-likeness (QED) is 0.795. The molecule has 2 rings (SSSR count). The first-order valence-corrected chi connectivity index (χ1v) is 6.63. The Bertz CT molecular complexity index is 638. The molecule has 0 aromatic heterocycles. The maximum atomic E-state index is 13.1. The van der Waals surface area contributed by atoms with Crippen LogP contribution in [-0.4, -0.2) is 6.61 Å². The summed E-state index contributed by atoms with van der Waals surface area (Å²) in [6.45, 7) is -2.84. The van der Waals surface area contributed by atoms with Crippen LogP contribution in [0.25, 0.3) is 0 Å². The maximum absolute atomic E-state index is 13.1. The molecule has 0 fully saturated rings. The number of alkyl halides is 2. The Balaban J connectivity index is 2.18. The standard InChI is InChI=1S/C14H10Cl2F3NO/c15-9-1-4-13(21-14(18)19)8(5-9)7-20-12-6-10(17)2-3-11(12)16/h1-6,14,20H,7H2. The number of hydrogen-bond donors (Lipinski definition) is 1. The minimum atomic E-state index is -2.94. The Labute approximate surface area is 129 Å². The van der Waals surface area contributed by atoms with Crippen molar-refractivity contribution in [3.8, 4) is 5.75 Å². The molecule has 0 aliphatic carbocycles. The molecule has 0 saturated carbocycles. The fourth-order valence-corrected chi connectivity index (χ4v) is 2.10. The largest absolute Gasteiger partial charge is 0.434 e. The third-order valence-corrected chi connectivity index (χ3v) is 3.20. The molecule has 0 bridgehead atoms. The summed E-state index contributed by atoms with van der Waals surface area (Å²) in [5.41, 5.74) is 0.753. The van der Waals surface area contributed by atoms with E-state index in [1.54, 1.807) is 0 Å². The van der Waals surface area contributed by atoms with Crippen LogP contribution in [-0.2, 0) is 6.54 Å². The van der Waals surface area contributed by atoms with Crippen molar-refractivity contribution in [3.63, 3.8) is 0 Å². The first-order valence-electron chi connectivity index (χ1n) is 5.88. The number of anilines is 1. The first-order chi connectivity index (χ1) is 9.95. The predicted octanol–water partition coefficient (Wildman–Crippen LogP) is 5.35. The summed E-state index contributed by atoms with van der Waals surface area (Å²) >= 11 is 11.7. The fourth-order valence-electron chi connectivity index (χ4n) is 1.72. The number of hydrogen-bond acceptors (Lipinski definition) is 2. The lowest BCUT2D eigenvalue weighted by atomic mass is 10.2. The molecule has 0 aliphatic heterocycles. The van der Waals surface area contributed by atoms with Crippen molar-refractivity contribution in [3.05, 3.63) is 57.8 Å². The molecule has 2 aromatic rings. The molecule has 0 spiro atoms. The van der Waals surface area contributed by atoms with Gasteiger partial charge in [0.05, 0.1) is 10.7 Å². The van der Waals surface area contributed by atoms with E-state index in [2.05, 4.69) is 10.1 Å². The predicted molar refractivity (Wildman–Crippen MR) is 76.8 cm³/mol. The molecule has 0 unspecified atom stereocenters. The normalized spacial score (nSPS) is 10.8. The minimum Gasteiger partial charge on any atom is -0.434 e. The molecule has 0 aliphatic rings. The van der Waals surface area contributed by atoms with Gasteiger partial charge in [0, 0.05) is 17.1 Å². The average molecular weight is 336 g/mol. The van der Waals surface area contributed by atoms with Crippen LogP contribution in [0.1, 0.15) is 5.56 Å². The fraction of sp³-hybridized carbons (Fsp3) is 0.143. The van der Waals surface area contributed by atoms with Crippen molar-refractivity contribution in [1.82, 2.24) is 0 Å². The van der Waals surface area contributed by atoms with Gasteiger partial charge in [-0.2, -0.15) is 8.78 Å². The van der Waals surface area contributed by atoms with Gasteiger partial charge in [0.25, 0.3) is 0 Å². The molecule has 112 valence electrons. The second kappa shape index (κ2) is 6.91. The van der Waals surface area contributed by atoms with Crippen LogP contribution in [0.3, 0.4) is 0 Å². The number of rotatable bonds is 5. The van der Waals surface area contributed by atoms with Crippen molar-refractivity contribution in [2.45, 2.75) is 13.2 Å². The van der Waals surface area contributed by atoms with Crippen LogP contribution in [0, 0.1) is 5.82 Å². The number of halogens is 5. The third-order valence-electron chi connectivity index (χ3n) is 2.64. The Morgan fingerprint density at radius 1 is 1.10 bits per heavy atom. The molecule has 0 radical (unpaired) electrons. The van der Waals surface area contributed by atoms with E-state index in [0.29, 0.717) is 21.3 Å². The van der Waals surface area contributed by atoms with E-state index in [1.807, 2.05) is 0 Å². The highest BCUT2D eigenvalue weighted by Gasteiger charge is 2.11. The molecule has 0 heterocycles. The summed E-state index contributed by atoms with van der Waals surface area (Å²) in [5, 5.41) is 3.54. The van der Waals surface area contributed by atoms with Crippen LogP contribution < -0.4 is 10.1 Å². The number of ether oxygens (including phenoxy) is 1. The van der Waals surface area contributed by atoms with Gasteiger partial charge in [0.15, 0.2) is 0 Å². The Kier molecular flexibility index (Phi) is 5.20. The van der Waals surface area contributed by atoms with Gasteiger partial charge in [0.1, 0.15) is 11.6 Å². The van der Waals surface area contributed by atoms with Crippen molar-refractivity contribution in [1.29, 1.82) is 0 Å². The molecule has 1 N–H and O–H groups in total. The summed E-state index contributed by atoms with van der Waals surface area (Å²) in [6, 6.07) is 8.10. The second-order valence-corrected chi connectivity index (χ2v) is 4.95. The zero-order valence-electron chi connectivity index (χ0n) is 10.5. The number of benzene rings is 2. The minimum absolute atomic E-state index is 0.00516. The van der Waals surface area contributed by atoms with Gasteiger partial charge in [-0.1, -0.05) is 23.2 Å². The topological polar surface area (TPSA) is 21.3 Å². The Morgan fingerprint density at radius 2 is 1.86 bits per heavy atom. The van der Waals surface area contributed by atoms with Gasteiger partial charge >= 0.3 is 6.61 Å². The van der Waals surface area contributed by atoms with Gasteiger partial charge < -0.3 is 10.1 Å². The average Bonchev–Trinajstić information content (AvgIpc) is 2.42. The summed E-state index contributed by atoms with van der Waals surface area (Å²) in [6.07, 6.45) is 0. The number of nitrogens with one attached hydrogen (secondary N) is 1.